The molecule has 1 aromatic rings. The van der Waals surface area contributed by atoms with Crippen molar-refractivity contribution in [3.05, 3.63) is 34.3 Å². The lowest BCUT2D eigenvalue weighted by Gasteiger charge is -2.16. The second-order valence-corrected chi connectivity index (χ2v) is 6.15. The number of rotatable bonds is 7. The summed E-state index contributed by atoms with van der Waals surface area (Å²) in [6.45, 7) is 0. The summed E-state index contributed by atoms with van der Waals surface area (Å²) in [5.41, 5.74) is 1.09. The minimum absolute atomic E-state index is 0.0211. The molecule has 108 valence electrons. The molecule has 1 aliphatic carbocycles. The van der Waals surface area contributed by atoms with Crippen molar-refractivity contribution >= 4 is 27.8 Å². The zero-order valence-electron chi connectivity index (χ0n) is 11.1. The highest BCUT2D eigenvalue weighted by Crippen LogP contribution is 2.34. The van der Waals surface area contributed by atoms with E-state index in [1.54, 1.807) is 0 Å². The van der Waals surface area contributed by atoms with E-state index in [4.69, 9.17) is 5.11 Å². The second kappa shape index (κ2) is 6.88. The summed E-state index contributed by atoms with van der Waals surface area (Å²) < 4.78 is 0.997. The lowest BCUT2D eigenvalue weighted by Crippen LogP contribution is -2.38. The molecule has 0 radical (unpaired) electrons. The van der Waals surface area contributed by atoms with Crippen molar-refractivity contribution in [2.24, 2.45) is 5.92 Å². The number of aliphatic carboxylic acids is 1. The van der Waals surface area contributed by atoms with Gasteiger partial charge in [-0.1, -0.05) is 28.1 Å². The van der Waals surface area contributed by atoms with Crippen LogP contribution < -0.4 is 5.32 Å². The predicted molar refractivity (Wildman–Crippen MR) is 79.4 cm³/mol. The van der Waals surface area contributed by atoms with E-state index in [1.807, 2.05) is 24.3 Å². The molecule has 0 aromatic heterocycles. The quantitative estimate of drug-likeness (QED) is 0.802. The Balaban J connectivity index is 1.80. The number of carbonyl (C=O) groups excluding carboxylic acids is 1. The molecule has 0 spiro atoms. The molecular formula is C15H18BrNO3. The first kappa shape index (κ1) is 15.0. The van der Waals surface area contributed by atoms with Gasteiger partial charge in [0.2, 0.25) is 5.91 Å². The van der Waals surface area contributed by atoms with Crippen molar-refractivity contribution in [2.75, 3.05) is 0 Å². The summed E-state index contributed by atoms with van der Waals surface area (Å²) in [6, 6.07) is 7.65. The van der Waals surface area contributed by atoms with Crippen LogP contribution >= 0.6 is 15.9 Å². The fourth-order valence-corrected chi connectivity index (χ4v) is 2.70. The Labute approximate surface area is 126 Å². The molecule has 1 aliphatic rings. The second-order valence-electron chi connectivity index (χ2n) is 5.24. The van der Waals surface area contributed by atoms with Crippen LogP contribution in [0.15, 0.2) is 28.7 Å². The van der Waals surface area contributed by atoms with Gasteiger partial charge in [-0.25, -0.2) is 0 Å². The van der Waals surface area contributed by atoms with Gasteiger partial charge in [0.05, 0.1) is 6.42 Å². The van der Waals surface area contributed by atoms with Gasteiger partial charge in [0, 0.05) is 16.9 Å². The fourth-order valence-electron chi connectivity index (χ4n) is 2.25. The van der Waals surface area contributed by atoms with Crippen molar-refractivity contribution < 1.29 is 14.7 Å². The molecule has 5 heteroatoms. The van der Waals surface area contributed by atoms with Crippen LogP contribution in [0, 0.1) is 5.92 Å². The zero-order chi connectivity index (χ0) is 14.5. The van der Waals surface area contributed by atoms with Crippen molar-refractivity contribution in [1.82, 2.24) is 5.32 Å². The van der Waals surface area contributed by atoms with Crippen LogP contribution in [0.25, 0.3) is 0 Å². The van der Waals surface area contributed by atoms with Gasteiger partial charge in [0.25, 0.3) is 0 Å². The van der Waals surface area contributed by atoms with Gasteiger partial charge < -0.3 is 10.4 Å². The average molecular weight is 340 g/mol. The zero-order valence-corrected chi connectivity index (χ0v) is 12.7. The van der Waals surface area contributed by atoms with Crippen LogP contribution in [-0.2, 0) is 16.0 Å². The molecular weight excluding hydrogens is 322 g/mol. The summed E-state index contributed by atoms with van der Waals surface area (Å²) in [5, 5.41) is 11.7. The molecule has 2 rings (SSSR count). The van der Waals surface area contributed by atoms with Crippen LogP contribution in [-0.4, -0.2) is 23.0 Å². The SMILES string of the molecule is O=C(O)CC(NC(=O)CCc1cccc(Br)c1)C1CC1. The maximum atomic E-state index is 11.9. The van der Waals surface area contributed by atoms with Gasteiger partial charge in [0.15, 0.2) is 0 Å². The molecule has 20 heavy (non-hydrogen) atoms. The number of hydrogen-bond donors (Lipinski definition) is 2. The number of carbonyl (C=O) groups is 2. The van der Waals surface area contributed by atoms with Crippen LogP contribution in [0.1, 0.15) is 31.2 Å². The number of aryl methyl sites for hydroxylation is 1. The number of hydrogen-bond acceptors (Lipinski definition) is 2. The van der Waals surface area contributed by atoms with Gasteiger partial charge >= 0.3 is 5.97 Å². The topological polar surface area (TPSA) is 66.4 Å². The van der Waals surface area contributed by atoms with E-state index in [-0.39, 0.29) is 18.4 Å². The number of benzene rings is 1. The Morgan fingerprint density at radius 2 is 2.15 bits per heavy atom. The van der Waals surface area contributed by atoms with Gasteiger partial charge in [-0.2, -0.15) is 0 Å². The maximum Gasteiger partial charge on any atom is 0.305 e. The van der Waals surface area contributed by atoms with Gasteiger partial charge in [-0.15, -0.1) is 0 Å². The fraction of sp³-hybridized carbons (Fsp3) is 0.467. The lowest BCUT2D eigenvalue weighted by atomic mass is 10.1. The summed E-state index contributed by atoms with van der Waals surface area (Å²) in [7, 11) is 0. The summed E-state index contributed by atoms with van der Waals surface area (Å²) in [6.07, 6.45) is 3.11. The highest BCUT2D eigenvalue weighted by molar-refractivity contribution is 9.10. The number of amides is 1. The Morgan fingerprint density at radius 3 is 2.75 bits per heavy atom. The largest absolute Gasteiger partial charge is 0.481 e. The van der Waals surface area contributed by atoms with Crippen molar-refractivity contribution in [3.63, 3.8) is 0 Å². The van der Waals surface area contributed by atoms with Crippen LogP contribution in [0.5, 0.6) is 0 Å². The third-order valence-electron chi connectivity index (χ3n) is 3.46. The Kier molecular flexibility index (Phi) is 5.17. The molecule has 0 aliphatic heterocycles. The van der Waals surface area contributed by atoms with E-state index in [0.29, 0.717) is 18.8 Å². The molecule has 0 bridgehead atoms. The Hall–Kier alpha value is -1.36. The number of carboxylic acid groups (broad SMARTS) is 1. The van der Waals surface area contributed by atoms with Gasteiger partial charge in [-0.3, -0.25) is 9.59 Å². The molecule has 1 fully saturated rings. The smallest absolute Gasteiger partial charge is 0.305 e. The van der Waals surface area contributed by atoms with E-state index in [0.717, 1.165) is 22.9 Å². The number of nitrogens with one attached hydrogen (secondary N) is 1. The summed E-state index contributed by atoms with van der Waals surface area (Å²) >= 11 is 3.40. The third-order valence-corrected chi connectivity index (χ3v) is 3.95. The van der Waals surface area contributed by atoms with E-state index < -0.39 is 5.97 Å². The number of carboxylic acids is 1. The summed E-state index contributed by atoms with van der Waals surface area (Å²) in [4.78, 5) is 22.7. The Bertz CT molecular complexity index is 500. The van der Waals surface area contributed by atoms with Crippen LogP contribution in [0.2, 0.25) is 0 Å². The average Bonchev–Trinajstić information content (AvgIpc) is 3.19. The van der Waals surface area contributed by atoms with Crippen molar-refractivity contribution in [2.45, 2.75) is 38.1 Å². The van der Waals surface area contributed by atoms with E-state index in [9.17, 15) is 9.59 Å². The first-order valence-electron chi connectivity index (χ1n) is 6.80. The summed E-state index contributed by atoms with van der Waals surface area (Å²) in [5.74, 6) is -0.571. The van der Waals surface area contributed by atoms with Crippen molar-refractivity contribution in [1.29, 1.82) is 0 Å². The molecule has 1 amide bonds. The molecule has 1 unspecified atom stereocenters. The lowest BCUT2D eigenvalue weighted by molar-refractivity contribution is -0.137. The molecule has 2 N–H and O–H groups in total. The molecule has 0 heterocycles. The molecule has 1 atom stereocenters. The predicted octanol–water partition coefficient (Wildman–Crippen LogP) is 2.75. The molecule has 1 saturated carbocycles. The monoisotopic (exact) mass is 339 g/mol. The normalized spacial score (nSPS) is 15.7. The standard InChI is InChI=1S/C15H18BrNO3/c16-12-3-1-2-10(8-12)4-7-14(18)17-13(9-15(19)20)11-5-6-11/h1-3,8,11,13H,4-7,9H2,(H,17,18)(H,19,20). The van der Waals surface area contributed by atoms with E-state index >= 15 is 0 Å². The molecule has 1 aromatic carbocycles. The first-order valence-corrected chi connectivity index (χ1v) is 7.59. The minimum atomic E-state index is -0.853. The van der Waals surface area contributed by atoms with E-state index in [1.165, 1.54) is 0 Å². The molecule has 4 nitrogen and oxygen atoms in total. The van der Waals surface area contributed by atoms with E-state index in [2.05, 4.69) is 21.2 Å². The Morgan fingerprint density at radius 1 is 1.40 bits per heavy atom. The third kappa shape index (κ3) is 4.96. The van der Waals surface area contributed by atoms with Crippen molar-refractivity contribution in [3.8, 4) is 0 Å². The maximum absolute atomic E-state index is 11.9. The number of halogens is 1. The van der Waals surface area contributed by atoms with Gasteiger partial charge in [-0.05, 0) is 42.9 Å². The van der Waals surface area contributed by atoms with Crippen LogP contribution in [0.4, 0.5) is 0 Å². The highest BCUT2D eigenvalue weighted by Gasteiger charge is 2.33. The molecule has 0 saturated heterocycles. The first-order chi connectivity index (χ1) is 9.54. The van der Waals surface area contributed by atoms with Gasteiger partial charge in [0.1, 0.15) is 0 Å². The van der Waals surface area contributed by atoms with Crippen LogP contribution in [0.3, 0.4) is 0 Å². The highest BCUT2D eigenvalue weighted by atomic mass is 79.9. The minimum Gasteiger partial charge on any atom is -0.481 e.